The van der Waals surface area contributed by atoms with Gasteiger partial charge >= 0.3 is 5.97 Å². The Morgan fingerprint density at radius 2 is 1.83 bits per heavy atom. The summed E-state index contributed by atoms with van der Waals surface area (Å²) < 4.78 is 9.25. The zero-order valence-corrected chi connectivity index (χ0v) is 5.95. The molecule has 2 aliphatic rings. The van der Waals surface area contributed by atoms with Crippen LogP contribution in [0.3, 0.4) is 0 Å². The van der Waals surface area contributed by atoms with Gasteiger partial charge in [0, 0.05) is 0 Å². The monoisotopic (exact) mass is 176 g/mol. The molecule has 0 spiro atoms. The van der Waals surface area contributed by atoms with Crippen LogP contribution in [0.4, 0.5) is 0 Å². The van der Waals surface area contributed by atoms with Gasteiger partial charge in [-0.05, 0) is 0 Å². The molecule has 2 rings (SSSR count). The summed E-state index contributed by atoms with van der Waals surface area (Å²) in [6.45, 7) is 0. The van der Waals surface area contributed by atoms with E-state index >= 15 is 0 Å². The van der Waals surface area contributed by atoms with E-state index in [0.29, 0.717) is 0 Å². The topological polar surface area (TPSA) is 96.2 Å². The summed E-state index contributed by atoms with van der Waals surface area (Å²) in [6, 6.07) is 0. The van der Waals surface area contributed by atoms with Gasteiger partial charge in [-0.25, -0.2) is 4.79 Å². The van der Waals surface area contributed by atoms with Crippen LogP contribution in [0.5, 0.6) is 0 Å². The third kappa shape index (κ3) is 0.862. The first-order valence-corrected chi connectivity index (χ1v) is 3.51. The van der Waals surface area contributed by atoms with E-state index in [9.17, 15) is 4.79 Å². The summed E-state index contributed by atoms with van der Waals surface area (Å²) in [4.78, 5) is 10.7. The lowest BCUT2D eigenvalue weighted by Gasteiger charge is -2.10. The van der Waals surface area contributed by atoms with E-state index in [1.807, 2.05) is 0 Å². The molecule has 0 saturated carbocycles. The number of hydrogen-bond acceptors (Lipinski definition) is 6. The summed E-state index contributed by atoms with van der Waals surface area (Å²) >= 11 is 0. The third-order valence-electron chi connectivity index (χ3n) is 2.05. The first kappa shape index (κ1) is 7.93. The van der Waals surface area contributed by atoms with Gasteiger partial charge in [-0.1, -0.05) is 0 Å². The Balaban J connectivity index is 2.19. The number of esters is 1. The van der Waals surface area contributed by atoms with Crippen LogP contribution in [0.15, 0.2) is 0 Å². The lowest BCUT2D eigenvalue weighted by molar-refractivity contribution is -0.168. The van der Waals surface area contributed by atoms with Gasteiger partial charge in [0.1, 0.15) is 12.2 Å². The zero-order chi connectivity index (χ0) is 8.88. The van der Waals surface area contributed by atoms with Gasteiger partial charge in [0.05, 0.1) is 0 Å². The number of hydrogen-bond donors (Lipinski definition) is 3. The molecule has 3 N–H and O–H groups in total. The van der Waals surface area contributed by atoms with Gasteiger partial charge < -0.3 is 24.8 Å². The van der Waals surface area contributed by atoms with Crippen molar-refractivity contribution in [1.82, 2.24) is 0 Å². The van der Waals surface area contributed by atoms with Crippen molar-refractivity contribution in [1.29, 1.82) is 0 Å². The van der Waals surface area contributed by atoms with E-state index in [4.69, 9.17) is 15.3 Å². The first-order chi connectivity index (χ1) is 5.61. The van der Waals surface area contributed by atoms with Gasteiger partial charge in [-0.15, -0.1) is 0 Å². The van der Waals surface area contributed by atoms with Crippen molar-refractivity contribution >= 4 is 5.97 Å². The van der Waals surface area contributed by atoms with Crippen molar-refractivity contribution in [3.63, 3.8) is 0 Å². The molecule has 6 nitrogen and oxygen atoms in total. The van der Waals surface area contributed by atoms with E-state index in [2.05, 4.69) is 9.47 Å². The molecular formula is C6H8O6. The third-order valence-corrected chi connectivity index (χ3v) is 2.05. The highest BCUT2D eigenvalue weighted by atomic mass is 16.7. The largest absolute Gasteiger partial charge is 0.454 e. The standard InChI is InChI=1S/C6H8O6/c7-1-3-4(12-5(1)9)2(8)6(10)11-3/h1-5,7-9H/t1-,2+,3-,4-,5+/m1/s1. The Hall–Kier alpha value is -0.690. The van der Waals surface area contributed by atoms with E-state index in [-0.39, 0.29) is 0 Å². The highest BCUT2D eigenvalue weighted by Gasteiger charge is 2.56. The average Bonchev–Trinajstić information content (AvgIpc) is 2.43. The van der Waals surface area contributed by atoms with Crippen molar-refractivity contribution in [3.05, 3.63) is 0 Å². The molecule has 0 aliphatic carbocycles. The Morgan fingerprint density at radius 1 is 1.17 bits per heavy atom. The van der Waals surface area contributed by atoms with Crippen LogP contribution < -0.4 is 0 Å². The second-order valence-corrected chi connectivity index (χ2v) is 2.83. The molecule has 0 aromatic carbocycles. The van der Waals surface area contributed by atoms with Gasteiger partial charge in [0.2, 0.25) is 0 Å². The van der Waals surface area contributed by atoms with Crippen molar-refractivity contribution in [2.75, 3.05) is 0 Å². The SMILES string of the molecule is O=C1O[C@@H]2[C@@H](O)[C@@H](O)O[C@@H]2[C@@H]1O. The van der Waals surface area contributed by atoms with E-state index in [1.165, 1.54) is 0 Å². The Bertz CT molecular complexity index is 216. The number of ether oxygens (including phenoxy) is 2. The minimum Gasteiger partial charge on any atom is -0.454 e. The Kier molecular flexibility index (Phi) is 1.58. The Labute approximate surface area is 67.3 Å². The maximum absolute atomic E-state index is 10.7. The summed E-state index contributed by atoms with van der Waals surface area (Å²) in [7, 11) is 0. The molecule has 0 radical (unpaired) electrons. The molecule has 0 aromatic rings. The first-order valence-electron chi connectivity index (χ1n) is 3.51. The van der Waals surface area contributed by atoms with E-state index < -0.39 is 36.7 Å². The van der Waals surface area contributed by atoms with Gasteiger partial charge in [-0.3, -0.25) is 0 Å². The van der Waals surface area contributed by atoms with Crippen LogP contribution in [0, 0.1) is 0 Å². The van der Waals surface area contributed by atoms with Gasteiger partial charge in [0.25, 0.3) is 0 Å². The fraction of sp³-hybridized carbons (Fsp3) is 0.833. The highest BCUT2D eigenvalue weighted by Crippen LogP contribution is 2.30. The van der Waals surface area contributed by atoms with Crippen LogP contribution in [-0.2, 0) is 14.3 Å². The van der Waals surface area contributed by atoms with Crippen molar-refractivity contribution in [2.45, 2.75) is 30.7 Å². The lowest BCUT2D eigenvalue weighted by Crippen LogP contribution is -2.32. The van der Waals surface area contributed by atoms with Crippen molar-refractivity contribution in [3.8, 4) is 0 Å². The van der Waals surface area contributed by atoms with Crippen molar-refractivity contribution < 1.29 is 29.6 Å². The zero-order valence-electron chi connectivity index (χ0n) is 5.95. The molecule has 0 amide bonds. The number of carbonyl (C=O) groups is 1. The Morgan fingerprint density at radius 3 is 2.42 bits per heavy atom. The predicted octanol–water partition coefficient (Wildman–Crippen LogP) is -2.65. The van der Waals surface area contributed by atoms with Gasteiger partial charge in [0.15, 0.2) is 18.5 Å². The van der Waals surface area contributed by atoms with Crippen molar-refractivity contribution in [2.24, 2.45) is 0 Å². The fourth-order valence-corrected chi connectivity index (χ4v) is 1.40. The second-order valence-electron chi connectivity index (χ2n) is 2.83. The predicted molar refractivity (Wildman–Crippen MR) is 32.8 cm³/mol. The smallest absolute Gasteiger partial charge is 0.338 e. The number of carbonyl (C=O) groups excluding carboxylic acids is 1. The minimum absolute atomic E-state index is 0.823. The maximum atomic E-state index is 10.7. The van der Waals surface area contributed by atoms with Gasteiger partial charge in [-0.2, -0.15) is 0 Å². The molecule has 0 bridgehead atoms. The van der Waals surface area contributed by atoms with Crippen LogP contribution in [-0.4, -0.2) is 52.0 Å². The van der Waals surface area contributed by atoms with E-state index in [0.717, 1.165) is 0 Å². The molecule has 0 unspecified atom stereocenters. The number of aliphatic hydroxyl groups excluding tert-OH is 3. The summed E-state index contributed by atoms with van der Waals surface area (Å²) in [5.41, 5.74) is 0. The number of aliphatic hydroxyl groups is 3. The van der Waals surface area contributed by atoms with Crippen LogP contribution in [0.25, 0.3) is 0 Å². The van der Waals surface area contributed by atoms with Crippen LogP contribution in [0.1, 0.15) is 0 Å². The highest BCUT2D eigenvalue weighted by molar-refractivity contribution is 5.78. The average molecular weight is 176 g/mol. The molecule has 5 atom stereocenters. The molecule has 2 fully saturated rings. The molecule has 6 heteroatoms. The quantitative estimate of drug-likeness (QED) is 0.349. The normalized spacial score (nSPS) is 52.2. The fourth-order valence-electron chi connectivity index (χ4n) is 1.40. The van der Waals surface area contributed by atoms with E-state index in [1.54, 1.807) is 0 Å². The molecule has 12 heavy (non-hydrogen) atoms. The molecule has 2 aliphatic heterocycles. The number of rotatable bonds is 0. The molecule has 2 saturated heterocycles. The second kappa shape index (κ2) is 2.40. The lowest BCUT2D eigenvalue weighted by atomic mass is 10.1. The number of fused-ring (bicyclic) bond motifs is 1. The molecule has 2 heterocycles. The summed E-state index contributed by atoms with van der Waals surface area (Å²) in [6.07, 6.45) is -5.94. The summed E-state index contributed by atoms with van der Waals surface area (Å²) in [5, 5.41) is 27.2. The van der Waals surface area contributed by atoms with Crippen LogP contribution >= 0.6 is 0 Å². The van der Waals surface area contributed by atoms with Crippen LogP contribution in [0.2, 0.25) is 0 Å². The minimum atomic E-state index is -1.40. The molecule has 0 aromatic heterocycles. The molecular weight excluding hydrogens is 168 g/mol. The summed E-state index contributed by atoms with van der Waals surface area (Å²) in [5.74, 6) is -0.823. The molecule has 68 valence electrons. The maximum Gasteiger partial charge on any atom is 0.338 e.